The highest BCUT2D eigenvalue weighted by atomic mass is 35.5. The van der Waals surface area contributed by atoms with E-state index in [1.54, 1.807) is 59.7 Å². The van der Waals surface area contributed by atoms with Gasteiger partial charge >= 0.3 is 5.97 Å². The van der Waals surface area contributed by atoms with E-state index in [-0.39, 0.29) is 12.3 Å². The SMILES string of the molecule is COC(=O)CC(NC(=O)c1ccc(-n2ccnc2)nc1)c1ccc(Cl)cc1. The number of ether oxygens (including phenoxy) is 1. The van der Waals surface area contributed by atoms with Gasteiger partial charge in [-0.25, -0.2) is 9.97 Å². The lowest BCUT2D eigenvalue weighted by molar-refractivity contribution is -0.141. The molecular formula is C19H17ClN4O3. The summed E-state index contributed by atoms with van der Waals surface area (Å²) >= 11 is 5.91. The number of esters is 1. The van der Waals surface area contributed by atoms with Crippen LogP contribution < -0.4 is 5.32 Å². The van der Waals surface area contributed by atoms with Gasteiger partial charge in [0.05, 0.1) is 25.1 Å². The summed E-state index contributed by atoms with van der Waals surface area (Å²) in [5.41, 5.74) is 1.13. The summed E-state index contributed by atoms with van der Waals surface area (Å²) in [5, 5.41) is 3.42. The number of halogens is 1. The van der Waals surface area contributed by atoms with Gasteiger partial charge in [0.15, 0.2) is 0 Å². The van der Waals surface area contributed by atoms with Crippen molar-refractivity contribution in [1.29, 1.82) is 0 Å². The van der Waals surface area contributed by atoms with Crippen molar-refractivity contribution in [1.82, 2.24) is 19.9 Å². The van der Waals surface area contributed by atoms with Crippen molar-refractivity contribution in [2.24, 2.45) is 0 Å². The number of benzene rings is 1. The molecule has 7 nitrogen and oxygen atoms in total. The van der Waals surface area contributed by atoms with Crippen molar-refractivity contribution in [2.75, 3.05) is 7.11 Å². The van der Waals surface area contributed by atoms with Gasteiger partial charge in [0, 0.05) is 23.6 Å². The van der Waals surface area contributed by atoms with Gasteiger partial charge in [0.25, 0.3) is 5.91 Å². The number of rotatable bonds is 6. The second kappa shape index (κ2) is 8.46. The van der Waals surface area contributed by atoms with Crippen LogP contribution in [0, 0.1) is 0 Å². The molecule has 3 aromatic rings. The summed E-state index contributed by atoms with van der Waals surface area (Å²) in [7, 11) is 1.31. The third kappa shape index (κ3) is 4.71. The topological polar surface area (TPSA) is 86.1 Å². The summed E-state index contributed by atoms with van der Waals surface area (Å²) in [6.07, 6.45) is 6.50. The maximum Gasteiger partial charge on any atom is 0.307 e. The van der Waals surface area contributed by atoms with E-state index < -0.39 is 12.0 Å². The van der Waals surface area contributed by atoms with E-state index in [1.165, 1.54) is 13.3 Å². The lowest BCUT2D eigenvalue weighted by Gasteiger charge is -2.18. The summed E-state index contributed by atoms with van der Waals surface area (Å²) in [6.45, 7) is 0. The monoisotopic (exact) mass is 384 g/mol. The average molecular weight is 385 g/mol. The largest absolute Gasteiger partial charge is 0.469 e. The van der Waals surface area contributed by atoms with Gasteiger partial charge in [-0.3, -0.25) is 14.2 Å². The summed E-state index contributed by atoms with van der Waals surface area (Å²) in [5.74, 6) is -0.125. The molecule has 0 bridgehead atoms. The molecule has 2 aromatic heterocycles. The zero-order valence-electron chi connectivity index (χ0n) is 14.5. The molecule has 0 fully saturated rings. The number of imidazole rings is 1. The molecule has 0 aliphatic carbocycles. The number of methoxy groups -OCH3 is 1. The van der Waals surface area contributed by atoms with E-state index in [4.69, 9.17) is 16.3 Å². The molecule has 1 atom stereocenters. The molecular weight excluding hydrogens is 368 g/mol. The average Bonchev–Trinajstić information content (AvgIpc) is 3.23. The fraction of sp³-hybridized carbons (Fsp3) is 0.158. The van der Waals surface area contributed by atoms with Crippen LogP contribution in [0.15, 0.2) is 61.3 Å². The van der Waals surface area contributed by atoms with Gasteiger partial charge in [-0.2, -0.15) is 0 Å². The van der Waals surface area contributed by atoms with Crippen LogP contribution in [0.5, 0.6) is 0 Å². The Morgan fingerprint density at radius 2 is 2.00 bits per heavy atom. The van der Waals surface area contributed by atoms with E-state index in [1.807, 2.05) is 0 Å². The standard InChI is InChI=1S/C19H17ClN4O3/c1-27-18(25)10-16(13-2-5-15(20)6-3-13)23-19(26)14-4-7-17(22-11-14)24-9-8-21-12-24/h2-9,11-12,16H,10H2,1H3,(H,23,26). The number of nitrogens with zero attached hydrogens (tertiary/aromatic N) is 3. The molecule has 1 amide bonds. The van der Waals surface area contributed by atoms with Gasteiger partial charge in [-0.05, 0) is 29.8 Å². The minimum atomic E-state index is -0.546. The minimum absolute atomic E-state index is 0.00439. The number of pyridine rings is 1. The smallest absolute Gasteiger partial charge is 0.307 e. The first-order valence-electron chi connectivity index (χ1n) is 8.14. The highest BCUT2D eigenvalue weighted by molar-refractivity contribution is 6.30. The number of aromatic nitrogens is 3. The van der Waals surface area contributed by atoms with Crippen molar-refractivity contribution in [3.05, 3.63) is 77.5 Å². The van der Waals surface area contributed by atoms with Crippen LogP contribution >= 0.6 is 11.6 Å². The van der Waals surface area contributed by atoms with Gasteiger partial charge in [-0.15, -0.1) is 0 Å². The molecule has 138 valence electrons. The molecule has 0 spiro atoms. The lowest BCUT2D eigenvalue weighted by atomic mass is 10.0. The molecule has 2 heterocycles. The molecule has 27 heavy (non-hydrogen) atoms. The maximum atomic E-state index is 12.6. The van der Waals surface area contributed by atoms with Gasteiger partial charge in [0.2, 0.25) is 0 Å². The Bertz CT molecular complexity index is 909. The molecule has 0 saturated heterocycles. The van der Waals surface area contributed by atoms with Crippen molar-refractivity contribution < 1.29 is 14.3 Å². The van der Waals surface area contributed by atoms with E-state index >= 15 is 0 Å². The number of hydrogen-bond donors (Lipinski definition) is 1. The normalized spacial score (nSPS) is 11.6. The molecule has 0 aliphatic heterocycles. The quantitative estimate of drug-likeness (QED) is 0.660. The number of carbonyl (C=O) groups excluding carboxylic acids is 2. The van der Waals surface area contributed by atoms with Crippen LogP contribution in [-0.2, 0) is 9.53 Å². The van der Waals surface area contributed by atoms with Crippen molar-refractivity contribution >= 4 is 23.5 Å². The van der Waals surface area contributed by atoms with Crippen LogP contribution in [0.4, 0.5) is 0 Å². The summed E-state index contributed by atoms with van der Waals surface area (Å²) < 4.78 is 6.46. The van der Waals surface area contributed by atoms with Gasteiger partial charge in [0.1, 0.15) is 12.1 Å². The molecule has 0 saturated carbocycles. The third-order valence-electron chi connectivity index (χ3n) is 3.96. The molecule has 0 radical (unpaired) electrons. The van der Waals surface area contributed by atoms with Gasteiger partial charge in [-0.1, -0.05) is 23.7 Å². The third-order valence-corrected chi connectivity index (χ3v) is 4.21. The van der Waals surface area contributed by atoms with Crippen LogP contribution in [-0.4, -0.2) is 33.5 Å². The Hall–Kier alpha value is -3.19. The second-order valence-electron chi connectivity index (χ2n) is 5.73. The van der Waals surface area contributed by atoms with Crippen LogP contribution in [0.3, 0.4) is 0 Å². The number of hydrogen-bond acceptors (Lipinski definition) is 5. The fourth-order valence-electron chi connectivity index (χ4n) is 2.51. The Kier molecular flexibility index (Phi) is 5.83. The molecule has 1 aromatic carbocycles. The fourth-order valence-corrected chi connectivity index (χ4v) is 2.63. The molecule has 3 rings (SSSR count). The number of nitrogens with one attached hydrogen (secondary N) is 1. The zero-order chi connectivity index (χ0) is 19.2. The zero-order valence-corrected chi connectivity index (χ0v) is 15.3. The number of carbonyl (C=O) groups is 2. The summed E-state index contributed by atoms with van der Waals surface area (Å²) in [4.78, 5) is 32.6. The Morgan fingerprint density at radius 3 is 2.59 bits per heavy atom. The minimum Gasteiger partial charge on any atom is -0.469 e. The summed E-state index contributed by atoms with van der Waals surface area (Å²) in [6, 6.07) is 9.76. The predicted molar refractivity (Wildman–Crippen MR) is 99.7 cm³/mol. The lowest BCUT2D eigenvalue weighted by Crippen LogP contribution is -2.30. The van der Waals surface area contributed by atoms with E-state index in [2.05, 4.69) is 15.3 Å². The number of amides is 1. The van der Waals surface area contributed by atoms with Crippen molar-refractivity contribution in [3.8, 4) is 5.82 Å². The molecule has 8 heteroatoms. The van der Waals surface area contributed by atoms with Crippen LogP contribution in [0.1, 0.15) is 28.4 Å². The van der Waals surface area contributed by atoms with Crippen LogP contribution in [0.25, 0.3) is 5.82 Å². The molecule has 1 N–H and O–H groups in total. The highest BCUT2D eigenvalue weighted by Gasteiger charge is 2.20. The molecule has 0 aliphatic rings. The first kappa shape index (κ1) is 18.6. The Balaban J connectivity index is 1.77. The first-order valence-corrected chi connectivity index (χ1v) is 8.52. The van der Waals surface area contributed by atoms with E-state index in [0.717, 1.165) is 5.56 Å². The Labute approximate surface area is 161 Å². The second-order valence-corrected chi connectivity index (χ2v) is 6.17. The van der Waals surface area contributed by atoms with Crippen LogP contribution in [0.2, 0.25) is 5.02 Å². The predicted octanol–water partition coefficient (Wildman–Crippen LogP) is 2.95. The van der Waals surface area contributed by atoms with E-state index in [0.29, 0.717) is 16.4 Å². The van der Waals surface area contributed by atoms with Crippen molar-refractivity contribution in [3.63, 3.8) is 0 Å². The Morgan fingerprint density at radius 1 is 1.22 bits per heavy atom. The first-order chi connectivity index (χ1) is 13.1. The van der Waals surface area contributed by atoms with Gasteiger partial charge < -0.3 is 10.1 Å². The molecule has 1 unspecified atom stereocenters. The van der Waals surface area contributed by atoms with Crippen molar-refractivity contribution in [2.45, 2.75) is 12.5 Å². The highest BCUT2D eigenvalue weighted by Crippen LogP contribution is 2.20. The maximum absolute atomic E-state index is 12.6. The van der Waals surface area contributed by atoms with E-state index in [9.17, 15) is 9.59 Å².